The van der Waals surface area contributed by atoms with Gasteiger partial charge in [-0.05, 0) is 36.8 Å². The molecule has 118 valence electrons. The molecule has 1 aromatic heterocycles. The number of rotatable bonds is 7. The molecular weight excluding hydrogens is 306 g/mol. The first-order chi connectivity index (χ1) is 10.6. The van der Waals surface area contributed by atoms with Crippen molar-refractivity contribution in [1.29, 1.82) is 0 Å². The van der Waals surface area contributed by atoms with Gasteiger partial charge in [0, 0.05) is 11.6 Å². The Morgan fingerprint density at radius 3 is 2.73 bits per heavy atom. The first-order valence-corrected chi connectivity index (χ1v) is 7.38. The van der Waals surface area contributed by atoms with E-state index >= 15 is 0 Å². The molecule has 1 aromatic carbocycles. The lowest BCUT2D eigenvalue weighted by molar-refractivity contribution is 0.0487. The highest BCUT2D eigenvalue weighted by Crippen LogP contribution is 2.16. The molecule has 1 unspecified atom stereocenters. The third-order valence-corrected chi connectivity index (χ3v) is 3.28. The van der Waals surface area contributed by atoms with Crippen LogP contribution in [-0.4, -0.2) is 24.2 Å². The molecule has 0 bridgehead atoms. The number of hydrogen-bond donors (Lipinski definition) is 2. The molecule has 0 amide bonds. The number of ether oxygens (including phenoxy) is 1. The van der Waals surface area contributed by atoms with Crippen molar-refractivity contribution in [2.24, 2.45) is 0 Å². The van der Waals surface area contributed by atoms with Crippen molar-refractivity contribution in [1.82, 2.24) is 5.32 Å². The Kier molecular flexibility index (Phi) is 6.00. The van der Waals surface area contributed by atoms with Gasteiger partial charge in [-0.2, -0.15) is 0 Å². The van der Waals surface area contributed by atoms with E-state index in [4.69, 9.17) is 20.8 Å². The molecule has 0 saturated carbocycles. The minimum Gasteiger partial charge on any atom is -0.460 e. The van der Waals surface area contributed by atoms with E-state index in [9.17, 15) is 9.90 Å². The average Bonchev–Trinajstić information content (AvgIpc) is 2.97. The standard InChI is InChI=1S/C16H18ClNO4/c1-2-21-16(20)15-8-7-13(22-15)9-18-10-14(19)11-3-5-12(17)6-4-11/h3-8,14,18-19H,2,9-10H2,1H3. The second-order valence-electron chi connectivity index (χ2n) is 4.68. The number of carbonyl (C=O) groups excluding carboxylic acids is 1. The fourth-order valence-electron chi connectivity index (χ4n) is 1.92. The van der Waals surface area contributed by atoms with Crippen molar-refractivity contribution in [3.8, 4) is 0 Å². The minimum absolute atomic E-state index is 0.178. The second kappa shape index (κ2) is 7.98. The van der Waals surface area contributed by atoms with Crippen LogP contribution >= 0.6 is 11.6 Å². The molecule has 22 heavy (non-hydrogen) atoms. The van der Waals surface area contributed by atoms with E-state index in [-0.39, 0.29) is 5.76 Å². The number of furan rings is 1. The Labute approximate surface area is 133 Å². The van der Waals surface area contributed by atoms with Crippen LogP contribution < -0.4 is 5.32 Å². The lowest BCUT2D eigenvalue weighted by Crippen LogP contribution is -2.20. The number of nitrogens with one attached hydrogen (secondary N) is 1. The maximum absolute atomic E-state index is 11.5. The normalized spacial score (nSPS) is 12.1. The summed E-state index contributed by atoms with van der Waals surface area (Å²) in [6.45, 7) is 2.81. The fraction of sp³-hybridized carbons (Fsp3) is 0.312. The van der Waals surface area contributed by atoms with E-state index in [2.05, 4.69) is 5.32 Å². The number of hydrogen-bond acceptors (Lipinski definition) is 5. The molecule has 0 saturated heterocycles. The molecule has 0 aliphatic heterocycles. The molecule has 1 heterocycles. The Balaban J connectivity index is 1.81. The molecule has 2 aromatic rings. The van der Waals surface area contributed by atoms with E-state index in [0.29, 0.717) is 30.5 Å². The number of benzene rings is 1. The molecule has 0 radical (unpaired) electrons. The van der Waals surface area contributed by atoms with Crippen LogP contribution in [0.15, 0.2) is 40.8 Å². The van der Waals surface area contributed by atoms with Crippen LogP contribution in [0.1, 0.15) is 34.9 Å². The molecule has 1 atom stereocenters. The van der Waals surface area contributed by atoms with Crippen LogP contribution in [0.3, 0.4) is 0 Å². The Bertz CT molecular complexity index is 609. The summed E-state index contributed by atoms with van der Waals surface area (Å²) in [4.78, 5) is 11.5. The Hall–Kier alpha value is -1.82. The summed E-state index contributed by atoms with van der Waals surface area (Å²) < 4.78 is 10.2. The van der Waals surface area contributed by atoms with Gasteiger partial charge in [0.15, 0.2) is 0 Å². The van der Waals surface area contributed by atoms with Crippen molar-refractivity contribution in [2.75, 3.05) is 13.2 Å². The largest absolute Gasteiger partial charge is 0.460 e. The quantitative estimate of drug-likeness (QED) is 0.767. The van der Waals surface area contributed by atoms with Crippen molar-refractivity contribution in [3.05, 3.63) is 58.5 Å². The van der Waals surface area contributed by atoms with Crippen LogP contribution in [-0.2, 0) is 11.3 Å². The summed E-state index contributed by atoms with van der Waals surface area (Å²) in [6, 6.07) is 10.3. The molecule has 0 aliphatic carbocycles. The Morgan fingerprint density at radius 2 is 2.05 bits per heavy atom. The third kappa shape index (κ3) is 4.59. The van der Waals surface area contributed by atoms with Crippen LogP contribution in [0.5, 0.6) is 0 Å². The minimum atomic E-state index is -0.642. The van der Waals surface area contributed by atoms with E-state index in [1.165, 1.54) is 0 Å². The maximum Gasteiger partial charge on any atom is 0.374 e. The predicted molar refractivity (Wildman–Crippen MR) is 82.8 cm³/mol. The number of esters is 1. The van der Waals surface area contributed by atoms with Crippen molar-refractivity contribution in [2.45, 2.75) is 19.6 Å². The summed E-state index contributed by atoms with van der Waals surface area (Å²) in [6.07, 6.45) is -0.642. The number of aliphatic hydroxyl groups excluding tert-OH is 1. The predicted octanol–water partition coefficient (Wildman–Crippen LogP) is 2.93. The van der Waals surface area contributed by atoms with E-state index in [1.54, 1.807) is 43.3 Å². The van der Waals surface area contributed by atoms with Crippen molar-refractivity contribution < 1.29 is 19.1 Å². The second-order valence-corrected chi connectivity index (χ2v) is 5.12. The van der Waals surface area contributed by atoms with E-state index in [0.717, 1.165) is 5.56 Å². The van der Waals surface area contributed by atoms with Gasteiger partial charge in [-0.1, -0.05) is 23.7 Å². The van der Waals surface area contributed by atoms with Crippen molar-refractivity contribution in [3.63, 3.8) is 0 Å². The number of halogens is 1. The van der Waals surface area contributed by atoms with Crippen LogP contribution in [0.25, 0.3) is 0 Å². The molecular formula is C16H18ClNO4. The molecule has 0 fully saturated rings. The van der Waals surface area contributed by atoms with Crippen LogP contribution in [0, 0.1) is 0 Å². The third-order valence-electron chi connectivity index (χ3n) is 3.03. The molecule has 6 heteroatoms. The van der Waals surface area contributed by atoms with Gasteiger partial charge in [0.1, 0.15) is 5.76 Å². The van der Waals surface area contributed by atoms with Gasteiger partial charge in [-0.25, -0.2) is 4.79 Å². The Morgan fingerprint density at radius 1 is 1.32 bits per heavy atom. The summed E-state index contributed by atoms with van der Waals surface area (Å²) in [5.74, 6) is 0.304. The summed E-state index contributed by atoms with van der Waals surface area (Å²) in [7, 11) is 0. The van der Waals surface area contributed by atoms with Gasteiger partial charge in [0.2, 0.25) is 5.76 Å². The van der Waals surface area contributed by atoms with Gasteiger partial charge in [-0.3, -0.25) is 0 Å². The zero-order valence-electron chi connectivity index (χ0n) is 12.2. The number of aliphatic hydroxyl groups is 1. The van der Waals surface area contributed by atoms with Gasteiger partial charge < -0.3 is 19.6 Å². The fourth-order valence-corrected chi connectivity index (χ4v) is 2.05. The first kappa shape index (κ1) is 16.5. The van der Waals surface area contributed by atoms with Gasteiger partial charge >= 0.3 is 5.97 Å². The smallest absolute Gasteiger partial charge is 0.374 e. The lowest BCUT2D eigenvalue weighted by atomic mass is 10.1. The van der Waals surface area contributed by atoms with Gasteiger partial charge in [0.25, 0.3) is 0 Å². The average molecular weight is 324 g/mol. The highest BCUT2D eigenvalue weighted by atomic mass is 35.5. The highest BCUT2D eigenvalue weighted by molar-refractivity contribution is 6.30. The lowest BCUT2D eigenvalue weighted by Gasteiger charge is -2.11. The van der Waals surface area contributed by atoms with Gasteiger partial charge in [-0.15, -0.1) is 0 Å². The van der Waals surface area contributed by atoms with Crippen LogP contribution in [0.2, 0.25) is 5.02 Å². The molecule has 2 rings (SSSR count). The first-order valence-electron chi connectivity index (χ1n) is 7.00. The zero-order chi connectivity index (χ0) is 15.9. The number of carbonyl (C=O) groups is 1. The van der Waals surface area contributed by atoms with Gasteiger partial charge in [0.05, 0.1) is 19.3 Å². The van der Waals surface area contributed by atoms with Crippen molar-refractivity contribution >= 4 is 17.6 Å². The topological polar surface area (TPSA) is 71.7 Å². The molecule has 5 nitrogen and oxygen atoms in total. The summed E-state index contributed by atoms with van der Waals surface area (Å²) in [5.41, 5.74) is 0.781. The van der Waals surface area contributed by atoms with E-state index in [1.807, 2.05) is 0 Å². The summed E-state index contributed by atoms with van der Waals surface area (Å²) in [5, 5.41) is 13.7. The monoisotopic (exact) mass is 323 g/mol. The molecule has 2 N–H and O–H groups in total. The van der Waals surface area contributed by atoms with E-state index < -0.39 is 12.1 Å². The summed E-state index contributed by atoms with van der Waals surface area (Å²) >= 11 is 5.80. The van der Waals surface area contributed by atoms with Crippen LogP contribution in [0.4, 0.5) is 0 Å². The zero-order valence-corrected chi connectivity index (χ0v) is 13.0. The highest BCUT2D eigenvalue weighted by Gasteiger charge is 2.12. The maximum atomic E-state index is 11.5. The SMILES string of the molecule is CCOC(=O)c1ccc(CNCC(O)c2ccc(Cl)cc2)o1. The molecule has 0 aliphatic rings. The molecule has 0 spiro atoms.